The van der Waals surface area contributed by atoms with Crippen LogP contribution in [0, 0.1) is 0 Å². The van der Waals surface area contributed by atoms with Crippen LogP contribution in [0.15, 0.2) is 29.6 Å². The maximum Gasteiger partial charge on any atom is 0.271 e. The van der Waals surface area contributed by atoms with E-state index in [0.717, 1.165) is 16.1 Å². The molecule has 5 nitrogen and oxygen atoms in total. The SMILES string of the molecule is CCOCc1ccc(CNC(=O)c2csc(CCN)n2)cc1. The highest BCUT2D eigenvalue weighted by Crippen LogP contribution is 2.10. The number of carbonyl (C=O) groups is 1. The fraction of sp³-hybridized carbons (Fsp3) is 0.375. The summed E-state index contributed by atoms with van der Waals surface area (Å²) < 4.78 is 5.35. The molecule has 0 saturated heterocycles. The third kappa shape index (κ3) is 4.91. The van der Waals surface area contributed by atoms with Gasteiger partial charge in [-0.1, -0.05) is 24.3 Å². The van der Waals surface area contributed by atoms with Gasteiger partial charge in [-0.2, -0.15) is 0 Å². The molecule has 118 valence electrons. The summed E-state index contributed by atoms with van der Waals surface area (Å²) in [6.45, 7) is 4.32. The summed E-state index contributed by atoms with van der Waals surface area (Å²) in [6.07, 6.45) is 0.708. The molecular formula is C16H21N3O2S. The van der Waals surface area contributed by atoms with E-state index in [1.807, 2.05) is 31.2 Å². The molecule has 0 aliphatic rings. The quantitative estimate of drug-likeness (QED) is 0.781. The summed E-state index contributed by atoms with van der Waals surface area (Å²) >= 11 is 1.47. The second kappa shape index (κ2) is 8.63. The van der Waals surface area contributed by atoms with Crippen LogP contribution in [0.25, 0.3) is 0 Å². The number of hydrogen-bond donors (Lipinski definition) is 2. The fourth-order valence-corrected chi connectivity index (χ4v) is 2.69. The second-order valence-electron chi connectivity index (χ2n) is 4.80. The number of nitrogens with zero attached hydrogens (tertiary/aromatic N) is 1. The number of aromatic nitrogens is 1. The second-order valence-corrected chi connectivity index (χ2v) is 5.74. The van der Waals surface area contributed by atoms with Crippen LogP contribution in [-0.2, 0) is 24.3 Å². The van der Waals surface area contributed by atoms with Crippen molar-refractivity contribution in [2.75, 3.05) is 13.2 Å². The van der Waals surface area contributed by atoms with E-state index in [1.54, 1.807) is 5.38 Å². The molecule has 1 aromatic carbocycles. The first kappa shape index (κ1) is 16.6. The molecule has 0 aliphatic carbocycles. The van der Waals surface area contributed by atoms with Gasteiger partial charge in [-0.25, -0.2) is 4.98 Å². The average Bonchev–Trinajstić information content (AvgIpc) is 3.01. The van der Waals surface area contributed by atoms with Crippen LogP contribution >= 0.6 is 11.3 Å². The Morgan fingerprint density at radius 3 is 2.73 bits per heavy atom. The van der Waals surface area contributed by atoms with E-state index in [0.29, 0.717) is 38.4 Å². The van der Waals surface area contributed by atoms with E-state index >= 15 is 0 Å². The average molecular weight is 319 g/mol. The highest BCUT2D eigenvalue weighted by Gasteiger charge is 2.10. The minimum Gasteiger partial charge on any atom is -0.377 e. The van der Waals surface area contributed by atoms with Gasteiger partial charge in [0, 0.05) is 25.0 Å². The van der Waals surface area contributed by atoms with Crippen molar-refractivity contribution in [3.05, 3.63) is 51.5 Å². The lowest BCUT2D eigenvalue weighted by atomic mass is 10.1. The maximum absolute atomic E-state index is 12.0. The highest BCUT2D eigenvalue weighted by molar-refractivity contribution is 7.09. The van der Waals surface area contributed by atoms with Gasteiger partial charge < -0.3 is 15.8 Å². The molecular weight excluding hydrogens is 298 g/mol. The van der Waals surface area contributed by atoms with Crippen molar-refractivity contribution >= 4 is 17.2 Å². The van der Waals surface area contributed by atoms with E-state index in [-0.39, 0.29) is 5.91 Å². The molecule has 0 bridgehead atoms. The van der Waals surface area contributed by atoms with Gasteiger partial charge in [-0.3, -0.25) is 4.79 Å². The molecule has 6 heteroatoms. The van der Waals surface area contributed by atoms with Gasteiger partial charge in [-0.05, 0) is 24.6 Å². The summed E-state index contributed by atoms with van der Waals surface area (Å²) in [4.78, 5) is 16.3. The van der Waals surface area contributed by atoms with Gasteiger partial charge in [0.25, 0.3) is 5.91 Å². The number of benzene rings is 1. The lowest BCUT2D eigenvalue weighted by Gasteiger charge is -2.06. The summed E-state index contributed by atoms with van der Waals surface area (Å²) in [7, 11) is 0. The summed E-state index contributed by atoms with van der Waals surface area (Å²) in [5, 5.41) is 5.54. The zero-order valence-electron chi connectivity index (χ0n) is 12.7. The number of amides is 1. The van der Waals surface area contributed by atoms with E-state index < -0.39 is 0 Å². The van der Waals surface area contributed by atoms with Crippen molar-refractivity contribution < 1.29 is 9.53 Å². The summed E-state index contributed by atoms with van der Waals surface area (Å²) in [5.41, 5.74) is 8.11. The third-order valence-electron chi connectivity index (χ3n) is 3.09. The maximum atomic E-state index is 12.0. The van der Waals surface area contributed by atoms with Crippen LogP contribution in [0.1, 0.15) is 33.5 Å². The molecule has 0 saturated carbocycles. The molecule has 0 aliphatic heterocycles. The first-order chi connectivity index (χ1) is 10.7. The fourth-order valence-electron chi connectivity index (χ4n) is 1.90. The van der Waals surface area contributed by atoms with Gasteiger partial charge >= 0.3 is 0 Å². The molecule has 3 N–H and O–H groups in total. The minimum atomic E-state index is -0.155. The molecule has 0 fully saturated rings. The monoisotopic (exact) mass is 319 g/mol. The molecule has 1 aromatic heterocycles. The predicted molar refractivity (Wildman–Crippen MR) is 87.8 cm³/mol. The molecule has 0 radical (unpaired) electrons. The van der Waals surface area contributed by atoms with Crippen LogP contribution in [0.2, 0.25) is 0 Å². The Balaban J connectivity index is 1.84. The molecule has 2 aromatic rings. The van der Waals surface area contributed by atoms with Crippen molar-refractivity contribution in [1.29, 1.82) is 0 Å². The van der Waals surface area contributed by atoms with Crippen molar-refractivity contribution in [3.8, 4) is 0 Å². The van der Waals surface area contributed by atoms with Gasteiger partial charge in [0.05, 0.1) is 11.6 Å². The number of ether oxygens (including phenoxy) is 1. The summed E-state index contributed by atoms with van der Waals surface area (Å²) in [5.74, 6) is -0.155. The Bertz CT molecular complexity index is 596. The van der Waals surface area contributed by atoms with Crippen molar-refractivity contribution in [1.82, 2.24) is 10.3 Å². The Kier molecular flexibility index (Phi) is 6.51. The van der Waals surface area contributed by atoms with E-state index in [4.69, 9.17) is 10.5 Å². The molecule has 0 unspecified atom stereocenters. The standard InChI is InChI=1S/C16H21N3O2S/c1-2-21-10-13-5-3-12(4-6-13)9-18-16(20)14-11-22-15(19-14)7-8-17/h3-6,11H,2,7-10,17H2,1H3,(H,18,20). The van der Waals surface area contributed by atoms with Crippen LogP contribution in [0.5, 0.6) is 0 Å². The van der Waals surface area contributed by atoms with Crippen LogP contribution < -0.4 is 11.1 Å². The topological polar surface area (TPSA) is 77.2 Å². The van der Waals surface area contributed by atoms with Gasteiger partial charge in [0.1, 0.15) is 5.69 Å². The van der Waals surface area contributed by atoms with Crippen molar-refractivity contribution in [3.63, 3.8) is 0 Å². The van der Waals surface area contributed by atoms with E-state index in [9.17, 15) is 4.79 Å². The molecule has 2 rings (SSSR count). The van der Waals surface area contributed by atoms with Crippen LogP contribution in [-0.4, -0.2) is 24.0 Å². The smallest absolute Gasteiger partial charge is 0.271 e. The zero-order valence-corrected chi connectivity index (χ0v) is 13.5. The highest BCUT2D eigenvalue weighted by atomic mass is 32.1. The molecule has 22 heavy (non-hydrogen) atoms. The third-order valence-corrected chi connectivity index (χ3v) is 4.00. The Morgan fingerprint density at radius 2 is 2.05 bits per heavy atom. The molecule has 0 atom stereocenters. The van der Waals surface area contributed by atoms with Crippen molar-refractivity contribution in [2.45, 2.75) is 26.5 Å². The number of nitrogens with one attached hydrogen (secondary N) is 1. The van der Waals surface area contributed by atoms with Crippen LogP contribution in [0.3, 0.4) is 0 Å². The normalized spacial score (nSPS) is 10.6. The number of nitrogens with two attached hydrogens (primary N) is 1. The zero-order chi connectivity index (χ0) is 15.8. The van der Waals surface area contributed by atoms with Gasteiger partial charge in [0.2, 0.25) is 0 Å². The number of rotatable bonds is 8. The minimum absolute atomic E-state index is 0.155. The Hall–Kier alpha value is -1.76. The van der Waals surface area contributed by atoms with Gasteiger partial charge in [0.15, 0.2) is 0 Å². The largest absolute Gasteiger partial charge is 0.377 e. The van der Waals surface area contributed by atoms with Gasteiger partial charge in [-0.15, -0.1) is 11.3 Å². The first-order valence-corrected chi connectivity index (χ1v) is 8.19. The molecule has 1 heterocycles. The van der Waals surface area contributed by atoms with Crippen molar-refractivity contribution in [2.24, 2.45) is 5.73 Å². The number of thiazole rings is 1. The van der Waals surface area contributed by atoms with E-state index in [2.05, 4.69) is 10.3 Å². The lowest BCUT2D eigenvalue weighted by Crippen LogP contribution is -2.23. The summed E-state index contributed by atoms with van der Waals surface area (Å²) in [6, 6.07) is 8.02. The Labute approximate surface area is 134 Å². The van der Waals surface area contributed by atoms with Crippen LogP contribution in [0.4, 0.5) is 0 Å². The predicted octanol–water partition coefficient (Wildman–Crippen LogP) is 2.11. The molecule has 1 amide bonds. The first-order valence-electron chi connectivity index (χ1n) is 7.31. The lowest BCUT2D eigenvalue weighted by molar-refractivity contribution is 0.0946. The number of carbonyl (C=O) groups excluding carboxylic acids is 1. The number of hydrogen-bond acceptors (Lipinski definition) is 5. The molecule has 0 spiro atoms. The Morgan fingerprint density at radius 1 is 1.32 bits per heavy atom. The van der Waals surface area contributed by atoms with E-state index in [1.165, 1.54) is 11.3 Å².